The van der Waals surface area contributed by atoms with Crippen molar-refractivity contribution in [2.45, 2.75) is 25.9 Å². The molecule has 1 atom stereocenters. The van der Waals surface area contributed by atoms with Crippen molar-refractivity contribution in [1.29, 1.82) is 0 Å². The lowest BCUT2D eigenvalue weighted by Gasteiger charge is -2.13. The van der Waals surface area contributed by atoms with Crippen molar-refractivity contribution >= 4 is 5.78 Å². The van der Waals surface area contributed by atoms with E-state index in [-0.39, 0.29) is 11.9 Å². The number of carbonyl (C=O) groups is 1. The molecule has 0 bridgehead atoms. The van der Waals surface area contributed by atoms with E-state index < -0.39 is 0 Å². The molecule has 2 rings (SSSR count). The molecule has 0 spiro atoms. The molecule has 1 heterocycles. The molecule has 1 fully saturated rings. The highest BCUT2D eigenvalue weighted by atomic mass is 16.3. The zero-order valence-corrected chi connectivity index (χ0v) is 10.2. The Balaban J connectivity index is 1.94. The molecule has 3 heteroatoms. The number of aryl methyl sites for hydroxylation is 1. The predicted octanol–water partition coefficient (Wildman–Crippen LogP) is 1.50. The summed E-state index contributed by atoms with van der Waals surface area (Å²) >= 11 is 0. The van der Waals surface area contributed by atoms with Gasteiger partial charge in [-0.25, -0.2) is 0 Å². The molecule has 0 radical (unpaired) electrons. The van der Waals surface area contributed by atoms with Crippen LogP contribution < -0.4 is 0 Å². The lowest BCUT2D eigenvalue weighted by molar-refractivity contribution is 0.0935. The predicted molar refractivity (Wildman–Crippen MR) is 67.2 cm³/mol. The summed E-state index contributed by atoms with van der Waals surface area (Å²) in [5.41, 5.74) is 2.02. The Morgan fingerprint density at radius 1 is 1.41 bits per heavy atom. The second kappa shape index (κ2) is 5.43. The Kier molecular flexibility index (Phi) is 3.92. The summed E-state index contributed by atoms with van der Waals surface area (Å²) in [6, 6.07) is 7.81. The number of benzene rings is 1. The minimum Gasteiger partial charge on any atom is -0.392 e. The van der Waals surface area contributed by atoms with Gasteiger partial charge in [0.1, 0.15) is 0 Å². The maximum atomic E-state index is 12.0. The molecule has 0 saturated carbocycles. The Morgan fingerprint density at radius 2 is 2.12 bits per heavy atom. The van der Waals surface area contributed by atoms with Crippen molar-refractivity contribution in [3.8, 4) is 0 Å². The van der Waals surface area contributed by atoms with E-state index in [0.717, 1.165) is 24.9 Å². The molecular weight excluding hydrogens is 214 g/mol. The zero-order chi connectivity index (χ0) is 12.3. The molecule has 1 N–H and O–H groups in total. The van der Waals surface area contributed by atoms with Gasteiger partial charge in [-0.2, -0.15) is 0 Å². The van der Waals surface area contributed by atoms with Crippen molar-refractivity contribution in [3.63, 3.8) is 0 Å². The fourth-order valence-corrected chi connectivity index (χ4v) is 2.18. The van der Waals surface area contributed by atoms with Gasteiger partial charge in [-0.05, 0) is 18.4 Å². The van der Waals surface area contributed by atoms with Crippen LogP contribution in [0.3, 0.4) is 0 Å². The number of rotatable bonds is 4. The molecule has 1 unspecified atom stereocenters. The van der Waals surface area contributed by atoms with Crippen LogP contribution in [-0.2, 0) is 6.42 Å². The largest absolute Gasteiger partial charge is 0.392 e. The number of β-amino-alcohol motifs (C(OH)–C–C–N with tert-alkyl or cyclic N) is 1. The SMILES string of the molecule is CCc1ccc(C(=O)CN2CCC(O)C2)cc1. The topological polar surface area (TPSA) is 40.5 Å². The lowest BCUT2D eigenvalue weighted by Crippen LogP contribution is -2.28. The standard InChI is InChI=1S/C14H19NO2/c1-2-11-3-5-12(6-4-11)14(17)10-15-8-7-13(16)9-15/h3-6,13,16H,2,7-10H2,1H3. The quantitative estimate of drug-likeness (QED) is 0.801. The van der Waals surface area contributed by atoms with Crippen LogP contribution in [0.5, 0.6) is 0 Å². The number of aliphatic hydroxyl groups is 1. The number of hydrogen-bond acceptors (Lipinski definition) is 3. The number of hydrogen-bond donors (Lipinski definition) is 1. The number of nitrogens with zero attached hydrogens (tertiary/aromatic N) is 1. The second-order valence-electron chi connectivity index (χ2n) is 4.65. The highest BCUT2D eigenvalue weighted by molar-refractivity contribution is 5.97. The second-order valence-corrected chi connectivity index (χ2v) is 4.65. The van der Waals surface area contributed by atoms with E-state index in [2.05, 4.69) is 6.92 Å². The third-order valence-corrected chi connectivity index (χ3v) is 3.30. The van der Waals surface area contributed by atoms with Crippen molar-refractivity contribution in [2.75, 3.05) is 19.6 Å². The van der Waals surface area contributed by atoms with E-state index in [1.54, 1.807) is 0 Å². The van der Waals surface area contributed by atoms with Crippen LogP contribution in [0.1, 0.15) is 29.3 Å². The number of ketones is 1. The van der Waals surface area contributed by atoms with Gasteiger partial charge < -0.3 is 5.11 Å². The lowest BCUT2D eigenvalue weighted by atomic mass is 10.1. The van der Waals surface area contributed by atoms with Crippen LogP contribution >= 0.6 is 0 Å². The molecule has 1 aromatic carbocycles. The summed E-state index contributed by atoms with van der Waals surface area (Å²) in [5.74, 6) is 0.141. The number of aliphatic hydroxyl groups excluding tert-OH is 1. The first-order valence-corrected chi connectivity index (χ1v) is 6.21. The fraction of sp³-hybridized carbons (Fsp3) is 0.500. The van der Waals surface area contributed by atoms with Gasteiger partial charge in [-0.15, -0.1) is 0 Å². The van der Waals surface area contributed by atoms with Gasteiger partial charge in [-0.1, -0.05) is 31.2 Å². The van der Waals surface area contributed by atoms with Gasteiger partial charge in [-0.3, -0.25) is 9.69 Å². The molecule has 1 aliphatic heterocycles. The molecule has 0 aliphatic carbocycles. The minimum absolute atomic E-state index is 0.141. The van der Waals surface area contributed by atoms with Crippen LogP contribution in [0.4, 0.5) is 0 Å². The highest BCUT2D eigenvalue weighted by Crippen LogP contribution is 2.11. The molecule has 3 nitrogen and oxygen atoms in total. The van der Waals surface area contributed by atoms with Crippen LogP contribution in [0, 0.1) is 0 Å². The van der Waals surface area contributed by atoms with Crippen molar-refractivity contribution in [2.24, 2.45) is 0 Å². The first kappa shape index (κ1) is 12.3. The number of Topliss-reactive ketones (excluding diaryl/α,β-unsaturated/α-hetero) is 1. The minimum atomic E-state index is -0.259. The average Bonchev–Trinajstić information content (AvgIpc) is 2.75. The number of likely N-dealkylation sites (tertiary alicyclic amines) is 1. The van der Waals surface area contributed by atoms with Crippen LogP contribution in [0.25, 0.3) is 0 Å². The van der Waals surface area contributed by atoms with E-state index in [1.807, 2.05) is 29.2 Å². The summed E-state index contributed by atoms with van der Waals surface area (Å²) in [4.78, 5) is 14.0. The van der Waals surface area contributed by atoms with E-state index >= 15 is 0 Å². The third kappa shape index (κ3) is 3.14. The zero-order valence-electron chi connectivity index (χ0n) is 10.2. The first-order valence-electron chi connectivity index (χ1n) is 6.21. The Morgan fingerprint density at radius 3 is 2.65 bits per heavy atom. The van der Waals surface area contributed by atoms with E-state index in [4.69, 9.17) is 0 Å². The fourth-order valence-electron chi connectivity index (χ4n) is 2.18. The van der Waals surface area contributed by atoms with Crippen molar-refractivity contribution in [3.05, 3.63) is 35.4 Å². The van der Waals surface area contributed by atoms with Gasteiger partial charge in [0.15, 0.2) is 5.78 Å². The van der Waals surface area contributed by atoms with E-state index in [1.165, 1.54) is 5.56 Å². The molecule has 0 amide bonds. The Labute approximate surface area is 102 Å². The third-order valence-electron chi connectivity index (χ3n) is 3.30. The highest BCUT2D eigenvalue weighted by Gasteiger charge is 2.22. The van der Waals surface area contributed by atoms with Crippen molar-refractivity contribution < 1.29 is 9.90 Å². The van der Waals surface area contributed by atoms with Crippen molar-refractivity contribution in [1.82, 2.24) is 4.90 Å². The summed E-state index contributed by atoms with van der Waals surface area (Å²) < 4.78 is 0. The molecule has 0 aromatic heterocycles. The molecular formula is C14H19NO2. The van der Waals surface area contributed by atoms with E-state index in [0.29, 0.717) is 13.1 Å². The molecule has 92 valence electrons. The Hall–Kier alpha value is -1.19. The summed E-state index contributed by atoms with van der Waals surface area (Å²) in [6.45, 7) is 3.96. The van der Waals surface area contributed by atoms with E-state index in [9.17, 15) is 9.90 Å². The van der Waals surface area contributed by atoms with Crippen LogP contribution in [-0.4, -0.2) is 41.5 Å². The van der Waals surface area contributed by atoms with Gasteiger partial charge in [0.2, 0.25) is 0 Å². The summed E-state index contributed by atoms with van der Waals surface area (Å²) in [5, 5.41) is 9.40. The number of carbonyl (C=O) groups excluding carboxylic acids is 1. The average molecular weight is 233 g/mol. The van der Waals surface area contributed by atoms with Crippen LogP contribution in [0.15, 0.2) is 24.3 Å². The first-order chi connectivity index (χ1) is 8.19. The van der Waals surface area contributed by atoms with Gasteiger partial charge in [0.25, 0.3) is 0 Å². The maximum Gasteiger partial charge on any atom is 0.176 e. The normalized spacial score (nSPS) is 20.7. The van der Waals surface area contributed by atoms with Crippen LogP contribution in [0.2, 0.25) is 0 Å². The van der Waals surface area contributed by atoms with Gasteiger partial charge in [0.05, 0.1) is 12.6 Å². The monoisotopic (exact) mass is 233 g/mol. The smallest absolute Gasteiger partial charge is 0.176 e. The molecule has 1 saturated heterocycles. The summed E-state index contributed by atoms with van der Waals surface area (Å²) in [6.07, 6.45) is 1.51. The molecule has 17 heavy (non-hydrogen) atoms. The molecule has 1 aliphatic rings. The molecule has 1 aromatic rings. The summed E-state index contributed by atoms with van der Waals surface area (Å²) in [7, 11) is 0. The van der Waals surface area contributed by atoms with Gasteiger partial charge >= 0.3 is 0 Å². The Bertz CT molecular complexity index is 386. The maximum absolute atomic E-state index is 12.0. The van der Waals surface area contributed by atoms with Gasteiger partial charge in [0, 0.05) is 18.7 Å².